The fraction of sp³-hybridized carbons (Fsp3) is 0.667. The molecule has 1 aromatic carbocycles. The van der Waals surface area contributed by atoms with Crippen LogP contribution in [0.1, 0.15) is 50.7 Å². The second-order valence-corrected chi connectivity index (χ2v) is 8.84. The lowest BCUT2D eigenvalue weighted by atomic mass is 10.1. The van der Waals surface area contributed by atoms with Crippen LogP contribution in [0.4, 0.5) is 0 Å². The molecule has 0 unspecified atom stereocenters. The average Bonchev–Trinajstić information content (AvgIpc) is 3.16. The summed E-state index contributed by atoms with van der Waals surface area (Å²) in [5.41, 5.74) is 2.39. The van der Waals surface area contributed by atoms with Gasteiger partial charge in [0.2, 0.25) is 5.91 Å². The van der Waals surface area contributed by atoms with Crippen LogP contribution in [0.25, 0.3) is 0 Å². The predicted octanol–water partition coefficient (Wildman–Crippen LogP) is 2.98. The van der Waals surface area contributed by atoms with E-state index in [2.05, 4.69) is 58.6 Å². The zero-order valence-electron chi connectivity index (χ0n) is 19.8. The number of nitrogens with one attached hydrogen (secondary N) is 2. The number of ether oxygens (including phenoxy) is 1. The van der Waals surface area contributed by atoms with Crippen LogP contribution in [0.2, 0.25) is 0 Å². The lowest BCUT2D eigenvalue weighted by molar-refractivity contribution is -0.128. The first-order valence-electron chi connectivity index (χ1n) is 11.7. The minimum Gasteiger partial charge on any atom is -0.377 e. The van der Waals surface area contributed by atoms with Gasteiger partial charge in [0.15, 0.2) is 5.96 Å². The molecule has 0 atom stereocenters. The van der Waals surface area contributed by atoms with E-state index in [1.807, 2.05) is 11.9 Å². The van der Waals surface area contributed by atoms with Gasteiger partial charge in [-0.2, -0.15) is 0 Å². The van der Waals surface area contributed by atoms with Gasteiger partial charge in [-0.3, -0.25) is 9.79 Å². The summed E-state index contributed by atoms with van der Waals surface area (Å²) >= 11 is 0. The van der Waals surface area contributed by atoms with Gasteiger partial charge in [0, 0.05) is 58.8 Å². The molecule has 2 heterocycles. The molecule has 8 heteroatoms. The molecular weight excluding hydrogens is 517 g/mol. The van der Waals surface area contributed by atoms with Gasteiger partial charge in [0.25, 0.3) is 0 Å². The Balaban J connectivity index is 0.00000363. The molecule has 1 amide bonds. The Bertz CT molecular complexity index is 735. The molecular formula is C24H40IN5O2. The molecule has 2 aliphatic rings. The maximum atomic E-state index is 11.9. The highest BCUT2D eigenvalue weighted by Gasteiger charge is 2.21. The van der Waals surface area contributed by atoms with Gasteiger partial charge in [-0.1, -0.05) is 24.3 Å². The summed E-state index contributed by atoms with van der Waals surface area (Å²) in [5, 5.41) is 7.02. The number of carbonyl (C=O) groups is 1. The van der Waals surface area contributed by atoms with Gasteiger partial charge in [-0.05, 0) is 44.2 Å². The van der Waals surface area contributed by atoms with Crippen molar-refractivity contribution in [1.29, 1.82) is 0 Å². The van der Waals surface area contributed by atoms with Crippen molar-refractivity contribution in [3.05, 3.63) is 35.4 Å². The summed E-state index contributed by atoms with van der Waals surface area (Å²) in [7, 11) is 1.82. The maximum absolute atomic E-state index is 11.9. The number of halogens is 1. The van der Waals surface area contributed by atoms with Crippen LogP contribution in [0.5, 0.6) is 0 Å². The SMILES string of the molecule is CN=C(NCc1cccc(CN2CCCC2=O)c1)NC1CCN(CCOC(C)C)CC1.I. The molecule has 2 fully saturated rings. The number of guanidine groups is 1. The minimum absolute atomic E-state index is 0. The molecule has 3 rings (SSSR count). The molecule has 2 N–H and O–H groups in total. The van der Waals surface area contributed by atoms with Crippen LogP contribution >= 0.6 is 24.0 Å². The van der Waals surface area contributed by atoms with Gasteiger partial charge < -0.3 is 25.2 Å². The molecule has 1 aromatic rings. The Morgan fingerprint density at radius 1 is 1.22 bits per heavy atom. The molecule has 180 valence electrons. The number of hydrogen-bond donors (Lipinski definition) is 2. The molecule has 7 nitrogen and oxygen atoms in total. The zero-order valence-corrected chi connectivity index (χ0v) is 22.1. The van der Waals surface area contributed by atoms with E-state index in [1.54, 1.807) is 0 Å². The van der Waals surface area contributed by atoms with E-state index in [0.717, 1.165) is 58.0 Å². The summed E-state index contributed by atoms with van der Waals surface area (Å²) in [6.45, 7) is 10.5. The van der Waals surface area contributed by atoms with Crippen molar-refractivity contribution < 1.29 is 9.53 Å². The number of hydrogen-bond acceptors (Lipinski definition) is 4. The molecule has 0 spiro atoms. The molecule has 0 aliphatic carbocycles. The highest BCUT2D eigenvalue weighted by atomic mass is 127. The topological polar surface area (TPSA) is 69.2 Å². The molecule has 2 aliphatic heterocycles. The van der Waals surface area contributed by atoms with Gasteiger partial charge in [0.05, 0.1) is 12.7 Å². The number of piperidine rings is 1. The summed E-state index contributed by atoms with van der Waals surface area (Å²) in [6.07, 6.45) is 4.20. The van der Waals surface area contributed by atoms with Crippen LogP contribution in [0, 0.1) is 0 Å². The molecule has 0 saturated carbocycles. The summed E-state index contributed by atoms with van der Waals surface area (Å²) in [6, 6.07) is 8.92. The summed E-state index contributed by atoms with van der Waals surface area (Å²) in [5.74, 6) is 1.12. The predicted molar refractivity (Wildman–Crippen MR) is 140 cm³/mol. The monoisotopic (exact) mass is 557 g/mol. The summed E-state index contributed by atoms with van der Waals surface area (Å²) < 4.78 is 5.67. The Morgan fingerprint density at radius 3 is 2.62 bits per heavy atom. The van der Waals surface area contributed by atoms with Gasteiger partial charge >= 0.3 is 0 Å². The van der Waals surface area contributed by atoms with E-state index in [4.69, 9.17) is 4.74 Å². The highest BCUT2D eigenvalue weighted by molar-refractivity contribution is 14.0. The van der Waals surface area contributed by atoms with Crippen molar-refractivity contribution in [1.82, 2.24) is 20.4 Å². The van der Waals surface area contributed by atoms with Gasteiger partial charge in [-0.25, -0.2) is 0 Å². The van der Waals surface area contributed by atoms with Crippen molar-refractivity contribution in [2.75, 3.05) is 39.8 Å². The fourth-order valence-corrected chi connectivity index (χ4v) is 4.22. The number of nitrogens with zero attached hydrogens (tertiary/aromatic N) is 3. The van der Waals surface area contributed by atoms with Crippen LogP contribution in [0.15, 0.2) is 29.3 Å². The lowest BCUT2D eigenvalue weighted by Crippen LogP contribution is -2.49. The van der Waals surface area contributed by atoms with Crippen molar-refractivity contribution in [2.45, 2.75) is 64.8 Å². The number of likely N-dealkylation sites (tertiary alicyclic amines) is 2. The highest BCUT2D eigenvalue weighted by Crippen LogP contribution is 2.15. The molecule has 2 saturated heterocycles. The minimum atomic E-state index is 0. The fourth-order valence-electron chi connectivity index (χ4n) is 4.22. The Labute approximate surface area is 210 Å². The molecule has 32 heavy (non-hydrogen) atoms. The van der Waals surface area contributed by atoms with E-state index >= 15 is 0 Å². The first kappa shape index (κ1) is 26.9. The van der Waals surface area contributed by atoms with E-state index < -0.39 is 0 Å². The number of rotatable bonds is 9. The number of amides is 1. The number of benzene rings is 1. The maximum Gasteiger partial charge on any atom is 0.222 e. The van der Waals surface area contributed by atoms with Crippen molar-refractivity contribution in [2.24, 2.45) is 4.99 Å². The van der Waals surface area contributed by atoms with E-state index in [0.29, 0.717) is 31.7 Å². The second-order valence-electron chi connectivity index (χ2n) is 8.84. The van der Waals surface area contributed by atoms with Crippen LogP contribution in [0.3, 0.4) is 0 Å². The standard InChI is InChI=1S/C24H39N5O2.HI/c1-19(2)31-15-14-28-12-9-22(10-13-28)27-24(25-3)26-17-20-6-4-7-21(16-20)18-29-11-5-8-23(29)30;/h4,6-7,16,19,22H,5,8-15,17-18H2,1-3H3,(H2,25,26,27);1H. The van der Waals surface area contributed by atoms with Crippen LogP contribution < -0.4 is 10.6 Å². The zero-order chi connectivity index (χ0) is 22.1. The molecule has 0 aromatic heterocycles. The lowest BCUT2D eigenvalue weighted by Gasteiger charge is -2.33. The van der Waals surface area contributed by atoms with E-state index in [1.165, 1.54) is 11.1 Å². The van der Waals surface area contributed by atoms with Crippen LogP contribution in [-0.2, 0) is 22.6 Å². The van der Waals surface area contributed by atoms with Crippen molar-refractivity contribution in [3.63, 3.8) is 0 Å². The summed E-state index contributed by atoms with van der Waals surface area (Å²) in [4.78, 5) is 20.7. The van der Waals surface area contributed by atoms with Gasteiger partial charge in [0.1, 0.15) is 0 Å². The first-order chi connectivity index (χ1) is 15.0. The third kappa shape index (κ3) is 8.86. The average molecular weight is 558 g/mol. The Morgan fingerprint density at radius 2 is 1.97 bits per heavy atom. The van der Waals surface area contributed by atoms with Gasteiger partial charge in [-0.15, -0.1) is 24.0 Å². The first-order valence-corrected chi connectivity index (χ1v) is 11.7. The third-order valence-electron chi connectivity index (χ3n) is 6.01. The van der Waals surface area contributed by atoms with Crippen LogP contribution in [-0.4, -0.2) is 73.6 Å². The normalized spacial score (nSPS) is 18.2. The van der Waals surface area contributed by atoms with E-state index in [-0.39, 0.29) is 29.9 Å². The molecule has 0 radical (unpaired) electrons. The molecule has 0 bridgehead atoms. The number of aliphatic imine (C=N–C) groups is 1. The van der Waals surface area contributed by atoms with E-state index in [9.17, 15) is 4.79 Å². The Kier molecular flexibility index (Phi) is 11.7. The third-order valence-corrected chi connectivity index (χ3v) is 6.01. The largest absolute Gasteiger partial charge is 0.377 e. The second kappa shape index (κ2) is 14.0. The smallest absolute Gasteiger partial charge is 0.222 e. The quantitative estimate of drug-likeness (QED) is 0.278. The van der Waals surface area contributed by atoms with Crippen molar-refractivity contribution >= 4 is 35.8 Å². The Hall–Kier alpha value is -1.39. The van der Waals surface area contributed by atoms with Crippen molar-refractivity contribution in [3.8, 4) is 0 Å². The number of carbonyl (C=O) groups excluding carboxylic acids is 1.